The van der Waals surface area contributed by atoms with Gasteiger partial charge in [-0.2, -0.15) is 0 Å². The van der Waals surface area contributed by atoms with Crippen molar-refractivity contribution in [2.75, 3.05) is 0 Å². The largest absolute Gasteiger partial charge is 0.392 e. The van der Waals surface area contributed by atoms with Crippen LogP contribution >= 0.6 is 0 Å². The summed E-state index contributed by atoms with van der Waals surface area (Å²) in [7, 11) is 0. The van der Waals surface area contributed by atoms with Gasteiger partial charge in [-0.15, -0.1) is 0 Å². The number of hydrogen-bond acceptors (Lipinski definition) is 2. The van der Waals surface area contributed by atoms with Crippen molar-refractivity contribution in [2.45, 2.75) is 45.9 Å². The molecule has 2 unspecified atom stereocenters. The van der Waals surface area contributed by atoms with Crippen LogP contribution in [0.5, 0.6) is 0 Å². The van der Waals surface area contributed by atoms with Gasteiger partial charge in [0.05, 0.1) is 6.10 Å². The number of hydrogen-bond donors (Lipinski definition) is 2. The number of aliphatic hydroxyl groups is 1. The standard InChI is InChI=1S/C13H21NO/c1-9-5-7-13(8-6-9)11(3)14-10(2)12(4)15/h5-8,10-12,14-15H,1-4H3/t10?,11-,12?/m1/s1. The number of aliphatic hydroxyl groups excluding tert-OH is 1. The molecule has 0 spiro atoms. The summed E-state index contributed by atoms with van der Waals surface area (Å²) in [6.45, 7) is 8.00. The molecule has 3 atom stereocenters. The van der Waals surface area contributed by atoms with Crippen molar-refractivity contribution in [3.05, 3.63) is 35.4 Å². The van der Waals surface area contributed by atoms with Gasteiger partial charge in [-0.3, -0.25) is 0 Å². The summed E-state index contributed by atoms with van der Waals surface area (Å²) in [5.74, 6) is 0. The average Bonchev–Trinajstić information content (AvgIpc) is 2.18. The van der Waals surface area contributed by atoms with E-state index in [0.29, 0.717) is 0 Å². The van der Waals surface area contributed by atoms with Crippen LogP contribution in [0.1, 0.15) is 37.9 Å². The van der Waals surface area contributed by atoms with Crippen LogP contribution in [0.3, 0.4) is 0 Å². The number of benzene rings is 1. The Labute approximate surface area is 92.3 Å². The Bertz CT molecular complexity index is 292. The van der Waals surface area contributed by atoms with E-state index in [1.165, 1.54) is 11.1 Å². The minimum Gasteiger partial charge on any atom is -0.392 e. The van der Waals surface area contributed by atoms with Gasteiger partial charge in [-0.1, -0.05) is 29.8 Å². The van der Waals surface area contributed by atoms with Gasteiger partial charge in [-0.25, -0.2) is 0 Å². The third-order valence-electron chi connectivity index (χ3n) is 2.81. The summed E-state index contributed by atoms with van der Waals surface area (Å²) >= 11 is 0. The maximum Gasteiger partial charge on any atom is 0.0662 e. The highest BCUT2D eigenvalue weighted by molar-refractivity contribution is 5.23. The zero-order valence-electron chi connectivity index (χ0n) is 9.99. The molecule has 0 fully saturated rings. The topological polar surface area (TPSA) is 32.3 Å². The molecule has 0 radical (unpaired) electrons. The van der Waals surface area contributed by atoms with Crippen LogP contribution in [0.2, 0.25) is 0 Å². The zero-order chi connectivity index (χ0) is 11.4. The Hall–Kier alpha value is -0.860. The normalized spacial score (nSPS) is 17.1. The summed E-state index contributed by atoms with van der Waals surface area (Å²) in [6.07, 6.45) is -0.321. The molecule has 2 heteroatoms. The lowest BCUT2D eigenvalue weighted by Gasteiger charge is -2.22. The Balaban J connectivity index is 2.61. The van der Waals surface area contributed by atoms with Crippen LogP contribution in [-0.2, 0) is 0 Å². The van der Waals surface area contributed by atoms with Gasteiger partial charge >= 0.3 is 0 Å². The third kappa shape index (κ3) is 3.65. The molecule has 0 bridgehead atoms. The third-order valence-corrected chi connectivity index (χ3v) is 2.81. The van der Waals surface area contributed by atoms with E-state index in [2.05, 4.69) is 43.4 Å². The summed E-state index contributed by atoms with van der Waals surface area (Å²) in [4.78, 5) is 0. The fraction of sp³-hybridized carbons (Fsp3) is 0.538. The van der Waals surface area contributed by atoms with Crippen LogP contribution in [0.15, 0.2) is 24.3 Å². The highest BCUT2D eigenvalue weighted by Crippen LogP contribution is 2.14. The molecule has 0 aromatic heterocycles. The van der Waals surface area contributed by atoms with Crippen LogP contribution in [-0.4, -0.2) is 17.3 Å². The van der Waals surface area contributed by atoms with Gasteiger partial charge in [0.2, 0.25) is 0 Å². The molecule has 0 saturated heterocycles. The molecule has 0 heterocycles. The second-order valence-electron chi connectivity index (χ2n) is 4.33. The molecule has 1 rings (SSSR count). The summed E-state index contributed by atoms with van der Waals surface area (Å²) < 4.78 is 0. The maximum absolute atomic E-state index is 9.40. The Morgan fingerprint density at radius 3 is 2.07 bits per heavy atom. The minimum absolute atomic E-state index is 0.112. The SMILES string of the molecule is Cc1ccc([C@@H](C)NC(C)C(C)O)cc1. The lowest BCUT2D eigenvalue weighted by molar-refractivity contribution is 0.147. The Morgan fingerprint density at radius 2 is 1.60 bits per heavy atom. The van der Waals surface area contributed by atoms with E-state index in [0.717, 1.165) is 0 Å². The van der Waals surface area contributed by atoms with E-state index in [9.17, 15) is 5.11 Å². The molecule has 2 N–H and O–H groups in total. The first-order valence-electron chi connectivity index (χ1n) is 5.51. The fourth-order valence-electron chi connectivity index (χ4n) is 1.48. The lowest BCUT2D eigenvalue weighted by Crippen LogP contribution is -2.37. The molecule has 15 heavy (non-hydrogen) atoms. The molecule has 84 valence electrons. The van der Waals surface area contributed by atoms with Gasteiger partial charge in [0.25, 0.3) is 0 Å². The molecule has 2 nitrogen and oxygen atoms in total. The highest BCUT2D eigenvalue weighted by atomic mass is 16.3. The second-order valence-corrected chi connectivity index (χ2v) is 4.33. The van der Waals surface area contributed by atoms with E-state index in [-0.39, 0.29) is 18.2 Å². The second kappa shape index (κ2) is 5.29. The Morgan fingerprint density at radius 1 is 1.07 bits per heavy atom. The van der Waals surface area contributed by atoms with Crippen molar-refractivity contribution in [3.63, 3.8) is 0 Å². The van der Waals surface area contributed by atoms with E-state index in [4.69, 9.17) is 0 Å². The lowest BCUT2D eigenvalue weighted by atomic mass is 10.1. The number of rotatable bonds is 4. The minimum atomic E-state index is -0.321. The molecule has 0 aliphatic rings. The Kier molecular flexibility index (Phi) is 4.30. The van der Waals surface area contributed by atoms with Crippen molar-refractivity contribution in [1.29, 1.82) is 0 Å². The van der Waals surface area contributed by atoms with Gasteiger partial charge in [0.15, 0.2) is 0 Å². The van der Waals surface area contributed by atoms with Crippen LogP contribution in [0.4, 0.5) is 0 Å². The van der Waals surface area contributed by atoms with Crippen molar-refractivity contribution < 1.29 is 5.11 Å². The quantitative estimate of drug-likeness (QED) is 0.794. The monoisotopic (exact) mass is 207 g/mol. The van der Waals surface area contributed by atoms with E-state index < -0.39 is 0 Å². The summed E-state index contributed by atoms with van der Waals surface area (Å²) in [5.41, 5.74) is 2.53. The number of aryl methyl sites for hydroxylation is 1. The predicted molar refractivity (Wildman–Crippen MR) is 63.9 cm³/mol. The first-order valence-corrected chi connectivity index (χ1v) is 5.51. The smallest absolute Gasteiger partial charge is 0.0662 e. The molecule has 1 aromatic carbocycles. The maximum atomic E-state index is 9.40. The van der Waals surface area contributed by atoms with E-state index in [1.807, 2.05) is 6.92 Å². The average molecular weight is 207 g/mol. The van der Waals surface area contributed by atoms with Crippen LogP contribution in [0.25, 0.3) is 0 Å². The molecule has 0 saturated carbocycles. The highest BCUT2D eigenvalue weighted by Gasteiger charge is 2.12. The van der Waals surface area contributed by atoms with E-state index in [1.54, 1.807) is 6.92 Å². The van der Waals surface area contributed by atoms with Crippen molar-refractivity contribution in [2.24, 2.45) is 0 Å². The first-order chi connectivity index (χ1) is 7.00. The van der Waals surface area contributed by atoms with Crippen molar-refractivity contribution in [1.82, 2.24) is 5.32 Å². The van der Waals surface area contributed by atoms with Crippen molar-refractivity contribution >= 4 is 0 Å². The number of nitrogens with one attached hydrogen (secondary N) is 1. The van der Waals surface area contributed by atoms with Crippen LogP contribution in [0, 0.1) is 6.92 Å². The van der Waals surface area contributed by atoms with Gasteiger partial charge in [-0.05, 0) is 33.3 Å². The molecule has 0 aliphatic heterocycles. The van der Waals surface area contributed by atoms with Gasteiger partial charge in [0.1, 0.15) is 0 Å². The molecule has 1 aromatic rings. The zero-order valence-corrected chi connectivity index (χ0v) is 9.99. The van der Waals surface area contributed by atoms with Gasteiger partial charge in [0, 0.05) is 12.1 Å². The summed E-state index contributed by atoms with van der Waals surface area (Å²) in [6, 6.07) is 8.86. The van der Waals surface area contributed by atoms with E-state index >= 15 is 0 Å². The summed E-state index contributed by atoms with van der Waals surface area (Å²) in [5, 5.41) is 12.8. The molecule has 0 aliphatic carbocycles. The predicted octanol–water partition coefficient (Wildman–Crippen LogP) is 2.41. The molecular formula is C13H21NO. The first kappa shape index (κ1) is 12.2. The molecular weight excluding hydrogens is 186 g/mol. The molecule has 0 amide bonds. The van der Waals surface area contributed by atoms with Crippen molar-refractivity contribution in [3.8, 4) is 0 Å². The van der Waals surface area contributed by atoms with Crippen LogP contribution < -0.4 is 5.32 Å². The van der Waals surface area contributed by atoms with Gasteiger partial charge < -0.3 is 10.4 Å². The fourth-order valence-corrected chi connectivity index (χ4v) is 1.48.